The third-order valence-corrected chi connectivity index (χ3v) is 2.55. The molecule has 0 fully saturated rings. The SMILES string of the molecule is CC(C)CNC(=O)CNC(=O)c1cccc(C#CCO)c1. The number of benzene rings is 1. The van der Waals surface area contributed by atoms with E-state index in [2.05, 4.69) is 22.5 Å². The van der Waals surface area contributed by atoms with Crippen molar-refractivity contribution in [3.8, 4) is 11.8 Å². The normalized spacial score (nSPS) is 9.71. The van der Waals surface area contributed by atoms with Crippen molar-refractivity contribution >= 4 is 11.8 Å². The molecule has 5 nitrogen and oxygen atoms in total. The summed E-state index contributed by atoms with van der Waals surface area (Å²) in [6, 6.07) is 6.71. The molecule has 3 N–H and O–H groups in total. The minimum atomic E-state index is -0.331. The fourth-order valence-corrected chi connectivity index (χ4v) is 1.52. The minimum absolute atomic E-state index is 0.0574. The van der Waals surface area contributed by atoms with Gasteiger partial charge in [0.2, 0.25) is 5.91 Å². The zero-order valence-electron chi connectivity index (χ0n) is 12.3. The minimum Gasteiger partial charge on any atom is -0.384 e. The van der Waals surface area contributed by atoms with Gasteiger partial charge in [0.15, 0.2) is 0 Å². The van der Waals surface area contributed by atoms with Gasteiger partial charge in [-0.1, -0.05) is 31.8 Å². The Hall–Kier alpha value is -2.32. The molecule has 1 aromatic rings. The number of hydrogen-bond donors (Lipinski definition) is 3. The predicted octanol–water partition coefficient (Wildman–Crippen LogP) is 0.532. The predicted molar refractivity (Wildman–Crippen MR) is 80.6 cm³/mol. The van der Waals surface area contributed by atoms with Crippen LogP contribution >= 0.6 is 0 Å². The van der Waals surface area contributed by atoms with Crippen LogP contribution in [-0.4, -0.2) is 36.6 Å². The highest BCUT2D eigenvalue weighted by molar-refractivity contribution is 5.96. The molecule has 21 heavy (non-hydrogen) atoms. The summed E-state index contributed by atoms with van der Waals surface area (Å²) >= 11 is 0. The van der Waals surface area contributed by atoms with Crippen molar-refractivity contribution in [2.75, 3.05) is 19.7 Å². The number of aliphatic hydroxyl groups excluding tert-OH is 1. The second kappa shape index (κ2) is 8.77. The molecule has 0 aliphatic carbocycles. The Morgan fingerprint density at radius 3 is 2.71 bits per heavy atom. The first kappa shape index (κ1) is 16.7. The van der Waals surface area contributed by atoms with Crippen molar-refractivity contribution in [1.29, 1.82) is 0 Å². The summed E-state index contributed by atoms with van der Waals surface area (Å²) in [7, 11) is 0. The maximum atomic E-state index is 11.9. The van der Waals surface area contributed by atoms with Crippen LogP contribution in [0.1, 0.15) is 29.8 Å². The molecule has 0 unspecified atom stereocenters. The lowest BCUT2D eigenvalue weighted by atomic mass is 10.1. The Bertz CT molecular complexity index is 556. The van der Waals surface area contributed by atoms with E-state index in [-0.39, 0.29) is 25.0 Å². The molecule has 0 saturated heterocycles. The Kier molecular flexibility index (Phi) is 6.99. The lowest BCUT2D eigenvalue weighted by Gasteiger charge is -2.08. The van der Waals surface area contributed by atoms with Crippen molar-refractivity contribution in [3.05, 3.63) is 35.4 Å². The summed E-state index contributed by atoms with van der Waals surface area (Å²) in [5, 5.41) is 13.9. The maximum absolute atomic E-state index is 11.9. The third-order valence-electron chi connectivity index (χ3n) is 2.55. The molecule has 0 saturated carbocycles. The largest absolute Gasteiger partial charge is 0.384 e. The second-order valence-electron chi connectivity index (χ2n) is 4.92. The van der Waals surface area contributed by atoms with Gasteiger partial charge in [-0.15, -0.1) is 0 Å². The number of carbonyl (C=O) groups excluding carboxylic acids is 2. The number of hydrogen-bond acceptors (Lipinski definition) is 3. The van der Waals surface area contributed by atoms with Crippen molar-refractivity contribution in [2.45, 2.75) is 13.8 Å². The lowest BCUT2D eigenvalue weighted by molar-refractivity contribution is -0.120. The summed E-state index contributed by atoms with van der Waals surface area (Å²) < 4.78 is 0. The van der Waals surface area contributed by atoms with Gasteiger partial charge < -0.3 is 15.7 Å². The fraction of sp³-hybridized carbons (Fsp3) is 0.375. The molecular formula is C16H20N2O3. The molecule has 0 radical (unpaired) electrons. The summed E-state index contributed by atoms with van der Waals surface area (Å²) in [5.41, 5.74) is 1.07. The summed E-state index contributed by atoms with van der Waals surface area (Å²) in [4.78, 5) is 23.4. The highest BCUT2D eigenvalue weighted by atomic mass is 16.2. The van der Waals surface area contributed by atoms with Crippen molar-refractivity contribution < 1.29 is 14.7 Å². The lowest BCUT2D eigenvalue weighted by Crippen LogP contribution is -2.38. The maximum Gasteiger partial charge on any atom is 0.251 e. The number of rotatable bonds is 5. The van der Waals surface area contributed by atoms with Gasteiger partial charge in [0.05, 0.1) is 6.54 Å². The van der Waals surface area contributed by atoms with Gasteiger partial charge in [-0.05, 0) is 24.1 Å². The van der Waals surface area contributed by atoms with Crippen LogP contribution in [0.5, 0.6) is 0 Å². The standard InChI is InChI=1S/C16H20N2O3/c1-12(2)10-17-15(20)11-18-16(21)14-7-3-5-13(9-14)6-4-8-19/h3,5,7,9,12,19H,8,10-11H2,1-2H3,(H,17,20)(H,18,21). The van der Waals surface area contributed by atoms with E-state index in [9.17, 15) is 9.59 Å². The van der Waals surface area contributed by atoms with Gasteiger partial charge in [0, 0.05) is 17.7 Å². The van der Waals surface area contributed by atoms with Gasteiger partial charge in [-0.2, -0.15) is 0 Å². The van der Waals surface area contributed by atoms with Crippen LogP contribution in [-0.2, 0) is 4.79 Å². The van der Waals surface area contributed by atoms with Gasteiger partial charge in [-0.25, -0.2) is 0 Å². The molecule has 0 aromatic heterocycles. The molecule has 0 atom stereocenters. The molecule has 0 heterocycles. The van der Waals surface area contributed by atoms with Crippen LogP contribution in [0, 0.1) is 17.8 Å². The molecule has 5 heteroatoms. The van der Waals surface area contributed by atoms with Gasteiger partial charge in [-0.3, -0.25) is 9.59 Å². The van der Waals surface area contributed by atoms with Crippen molar-refractivity contribution in [1.82, 2.24) is 10.6 Å². The Morgan fingerprint density at radius 2 is 2.05 bits per heavy atom. The molecule has 0 spiro atoms. The van der Waals surface area contributed by atoms with E-state index in [0.29, 0.717) is 23.6 Å². The van der Waals surface area contributed by atoms with Crippen LogP contribution in [0.15, 0.2) is 24.3 Å². The molecule has 0 aliphatic heterocycles. The van der Waals surface area contributed by atoms with E-state index >= 15 is 0 Å². The van der Waals surface area contributed by atoms with Crippen LogP contribution < -0.4 is 10.6 Å². The molecule has 112 valence electrons. The molecule has 0 aliphatic rings. The average Bonchev–Trinajstić information content (AvgIpc) is 2.48. The monoisotopic (exact) mass is 288 g/mol. The highest BCUT2D eigenvalue weighted by Gasteiger charge is 2.08. The van der Waals surface area contributed by atoms with Crippen molar-refractivity contribution in [2.24, 2.45) is 5.92 Å². The molecule has 0 bridgehead atoms. The smallest absolute Gasteiger partial charge is 0.251 e. The number of aliphatic hydroxyl groups is 1. The molecule has 2 amide bonds. The average molecular weight is 288 g/mol. The fourth-order valence-electron chi connectivity index (χ4n) is 1.52. The van der Waals surface area contributed by atoms with E-state index in [1.807, 2.05) is 13.8 Å². The van der Waals surface area contributed by atoms with Gasteiger partial charge in [0.1, 0.15) is 6.61 Å². The van der Waals surface area contributed by atoms with Crippen LogP contribution in [0.2, 0.25) is 0 Å². The summed E-state index contributed by atoms with van der Waals surface area (Å²) in [6.45, 7) is 4.29. The van der Waals surface area contributed by atoms with E-state index < -0.39 is 0 Å². The summed E-state index contributed by atoms with van der Waals surface area (Å²) in [6.07, 6.45) is 0. The topological polar surface area (TPSA) is 78.4 Å². The first-order valence-electron chi connectivity index (χ1n) is 6.77. The first-order valence-corrected chi connectivity index (χ1v) is 6.77. The van der Waals surface area contributed by atoms with E-state index in [1.54, 1.807) is 24.3 Å². The zero-order chi connectivity index (χ0) is 15.7. The Morgan fingerprint density at radius 1 is 1.29 bits per heavy atom. The van der Waals surface area contributed by atoms with Crippen LogP contribution in [0.4, 0.5) is 0 Å². The van der Waals surface area contributed by atoms with Crippen LogP contribution in [0.3, 0.4) is 0 Å². The number of nitrogens with one attached hydrogen (secondary N) is 2. The number of carbonyl (C=O) groups is 2. The van der Waals surface area contributed by atoms with Gasteiger partial charge in [0.25, 0.3) is 5.91 Å². The van der Waals surface area contributed by atoms with E-state index in [0.717, 1.165) is 0 Å². The first-order chi connectivity index (χ1) is 10.0. The third kappa shape index (κ3) is 6.59. The highest BCUT2D eigenvalue weighted by Crippen LogP contribution is 2.03. The number of amides is 2. The van der Waals surface area contributed by atoms with Crippen molar-refractivity contribution in [3.63, 3.8) is 0 Å². The van der Waals surface area contributed by atoms with Crippen LogP contribution in [0.25, 0.3) is 0 Å². The Labute approximate surface area is 124 Å². The zero-order valence-corrected chi connectivity index (χ0v) is 12.3. The molecule has 1 aromatic carbocycles. The van der Waals surface area contributed by atoms with Gasteiger partial charge >= 0.3 is 0 Å². The molecular weight excluding hydrogens is 268 g/mol. The van der Waals surface area contributed by atoms with E-state index in [4.69, 9.17) is 5.11 Å². The summed E-state index contributed by atoms with van der Waals surface area (Å²) in [5.74, 6) is 5.07. The quantitative estimate of drug-likeness (QED) is 0.692. The Balaban J connectivity index is 2.54. The molecule has 1 rings (SSSR count). The second-order valence-corrected chi connectivity index (χ2v) is 4.92. The van der Waals surface area contributed by atoms with E-state index in [1.165, 1.54) is 0 Å².